The fourth-order valence-electron chi connectivity index (χ4n) is 2.35. The summed E-state index contributed by atoms with van der Waals surface area (Å²) in [6.45, 7) is 1.94. The summed E-state index contributed by atoms with van der Waals surface area (Å²) < 4.78 is 13.8. The molecule has 26 heavy (non-hydrogen) atoms. The third-order valence-electron chi connectivity index (χ3n) is 3.93. The second-order valence-corrected chi connectivity index (χ2v) is 5.66. The molecule has 0 spiro atoms. The van der Waals surface area contributed by atoms with Crippen molar-refractivity contribution in [3.05, 3.63) is 70.9 Å². The number of pyridine rings is 1. The van der Waals surface area contributed by atoms with E-state index in [0.717, 1.165) is 0 Å². The van der Waals surface area contributed by atoms with Crippen LogP contribution in [-0.4, -0.2) is 20.7 Å². The predicted octanol–water partition coefficient (Wildman–Crippen LogP) is 2.51. The topological polar surface area (TPSA) is 127 Å². The maximum atomic E-state index is 13.8. The summed E-state index contributed by atoms with van der Waals surface area (Å²) in [5.41, 5.74) is 13.2. The lowest BCUT2D eigenvalue weighted by atomic mass is 10.1. The second kappa shape index (κ2) is 7.14. The molecule has 3 aromatic rings. The van der Waals surface area contributed by atoms with E-state index in [1.165, 1.54) is 6.07 Å². The van der Waals surface area contributed by atoms with E-state index in [9.17, 15) is 4.39 Å². The smallest absolute Gasteiger partial charge is 0.182 e. The van der Waals surface area contributed by atoms with E-state index in [2.05, 4.69) is 20.3 Å². The van der Waals surface area contributed by atoms with Gasteiger partial charge in [0.25, 0.3) is 0 Å². The molecule has 3 rings (SSSR count). The zero-order chi connectivity index (χ0) is 18.7. The van der Waals surface area contributed by atoms with Gasteiger partial charge in [-0.3, -0.25) is 5.41 Å². The number of hydrogen-bond donors (Lipinski definition) is 4. The van der Waals surface area contributed by atoms with Crippen molar-refractivity contribution in [1.82, 2.24) is 15.0 Å². The van der Waals surface area contributed by atoms with Gasteiger partial charge in [-0.1, -0.05) is 18.2 Å². The Labute approximate surface area is 149 Å². The first-order chi connectivity index (χ1) is 12.5. The fourth-order valence-corrected chi connectivity index (χ4v) is 2.35. The average molecular weight is 351 g/mol. The summed E-state index contributed by atoms with van der Waals surface area (Å²) in [6.07, 6.45) is 1.58. The number of hydrogen-bond acceptors (Lipinski definition) is 7. The molecule has 132 valence electrons. The number of anilines is 3. The molecule has 0 atom stereocenters. The molecule has 0 aliphatic carbocycles. The minimum Gasteiger partial charge on any atom is -0.383 e. The molecule has 0 amide bonds. The summed E-state index contributed by atoms with van der Waals surface area (Å²) in [4.78, 5) is 12.5. The van der Waals surface area contributed by atoms with Crippen LogP contribution in [0.15, 0.2) is 42.6 Å². The molecule has 7 nitrogen and oxygen atoms in total. The monoisotopic (exact) mass is 351 g/mol. The van der Waals surface area contributed by atoms with E-state index in [1.807, 2.05) is 0 Å². The van der Waals surface area contributed by atoms with Gasteiger partial charge in [0, 0.05) is 29.4 Å². The first kappa shape index (κ1) is 17.3. The standard InChI is InChI=1S/C18H18FN7/c1-10-15(21)25-18(26-16(10)22)14(20)12-6-4-8-23-17(12)24-9-11-5-2-3-7-13(11)19/h2-8,20H,9H2,1H3,(H,23,24)(H4,21,22,25,26). The van der Waals surface area contributed by atoms with E-state index in [1.54, 1.807) is 43.5 Å². The second-order valence-electron chi connectivity index (χ2n) is 5.66. The van der Waals surface area contributed by atoms with Gasteiger partial charge in [0.2, 0.25) is 0 Å². The number of aromatic nitrogens is 3. The van der Waals surface area contributed by atoms with Gasteiger partial charge in [-0.2, -0.15) is 0 Å². The van der Waals surface area contributed by atoms with Crippen LogP contribution in [-0.2, 0) is 6.54 Å². The van der Waals surface area contributed by atoms with Crippen LogP contribution in [0.5, 0.6) is 0 Å². The van der Waals surface area contributed by atoms with Gasteiger partial charge in [-0.05, 0) is 25.1 Å². The first-order valence-corrected chi connectivity index (χ1v) is 7.88. The molecule has 2 heterocycles. The molecular weight excluding hydrogens is 333 g/mol. The van der Waals surface area contributed by atoms with Crippen LogP contribution < -0.4 is 16.8 Å². The lowest BCUT2D eigenvalue weighted by Crippen LogP contribution is -2.15. The van der Waals surface area contributed by atoms with Crippen molar-refractivity contribution in [1.29, 1.82) is 5.41 Å². The predicted molar refractivity (Wildman–Crippen MR) is 99.5 cm³/mol. The van der Waals surface area contributed by atoms with E-state index >= 15 is 0 Å². The molecule has 2 aromatic heterocycles. The highest BCUT2D eigenvalue weighted by Crippen LogP contribution is 2.20. The van der Waals surface area contributed by atoms with Gasteiger partial charge in [0.1, 0.15) is 29.0 Å². The summed E-state index contributed by atoms with van der Waals surface area (Å²) in [5.74, 6) is 0.661. The van der Waals surface area contributed by atoms with Crippen LogP contribution in [0, 0.1) is 18.2 Å². The number of nitrogens with two attached hydrogens (primary N) is 2. The molecule has 0 fully saturated rings. The number of rotatable bonds is 5. The molecule has 0 radical (unpaired) electrons. The van der Waals surface area contributed by atoms with Gasteiger partial charge in [-0.15, -0.1) is 0 Å². The summed E-state index contributed by atoms with van der Waals surface area (Å²) in [6, 6.07) is 9.86. The Morgan fingerprint density at radius 3 is 2.50 bits per heavy atom. The van der Waals surface area contributed by atoms with Gasteiger partial charge in [0.15, 0.2) is 5.82 Å². The number of nitrogen functional groups attached to an aromatic ring is 2. The highest BCUT2D eigenvalue weighted by molar-refractivity contribution is 6.11. The summed E-state index contributed by atoms with van der Waals surface area (Å²) >= 11 is 0. The van der Waals surface area contributed by atoms with Crippen LogP contribution in [0.3, 0.4) is 0 Å². The van der Waals surface area contributed by atoms with Crippen LogP contribution in [0.1, 0.15) is 22.5 Å². The maximum Gasteiger partial charge on any atom is 0.182 e. The Hall–Kier alpha value is -3.55. The summed E-state index contributed by atoms with van der Waals surface area (Å²) in [7, 11) is 0. The van der Waals surface area contributed by atoms with Crippen molar-refractivity contribution in [3.8, 4) is 0 Å². The zero-order valence-electron chi connectivity index (χ0n) is 14.1. The van der Waals surface area contributed by atoms with Gasteiger partial charge in [-0.25, -0.2) is 19.3 Å². The molecule has 6 N–H and O–H groups in total. The van der Waals surface area contributed by atoms with E-state index in [0.29, 0.717) is 22.5 Å². The molecule has 0 aliphatic rings. The van der Waals surface area contributed by atoms with Crippen molar-refractivity contribution >= 4 is 23.2 Å². The van der Waals surface area contributed by atoms with Crippen molar-refractivity contribution in [3.63, 3.8) is 0 Å². The first-order valence-electron chi connectivity index (χ1n) is 7.88. The molecule has 0 unspecified atom stereocenters. The Morgan fingerprint density at radius 1 is 1.12 bits per heavy atom. The van der Waals surface area contributed by atoms with Crippen LogP contribution in [0.4, 0.5) is 21.8 Å². The van der Waals surface area contributed by atoms with Gasteiger partial charge in [0.05, 0.1) is 0 Å². The van der Waals surface area contributed by atoms with Gasteiger partial charge < -0.3 is 16.8 Å². The Morgan fingerprint density at radius 2 is 1.81 bits per heavy atom. The summed E-state index contributed by atoms with van der Waals surface area (Å²) in [5, 5.41) is 11.5. The quantitative estimate of drug-likeness (QED) is 0.523. The normalized spacial score (nSPS) is 10.5. The van der Waals surface area contributed by atoms with Crippen molar-refractivity contribution in [2.45, 2.75) is 13.5 Å². The van der Waals surface area contributed by atoms with Crippen molar-refractivity contribution < 1.29 is 4.39 Å². The fraction of sp³-hybridized carbons (Fsp3) is 0.111. The van der Waals surface area contributed by atoms with Crippen molar-refractivity contribution in [2.24, 2.45) is 0 Å². The number of nitrogens with zero attached hydrogens (tertiary/aromatic N) is 3. The molecule has 0 saturated heterocycles. The molecule has 1 aromatic carbocycles. The molecule has 0 aliphatic heterocycles. The average Bonchev–Trinajstić information content (AvgIpc) is 2.64. The number of benzene rings is 1. The Kier molecular flexibility index (Phi) is 4.74. The minimum absolute atomic E-state index is 0.0209. The Bertz CT molecular complexity index is 948. The van der Waals surface area contributed by atoms with Gasteiger partial charge >= 0.3 is 0 Å². The van der Waals surface area contributed by atoms with Crippen LogP contribution >= 0.6 is 0 Å². The molecular formula is C18H18FN7. The zero-order valence-corrected chi connectivity index (χ0v) is 14.1. The van der Waals surface area contributed by atoms with E-state index < -0.39 is 0 Å². The molecule has 0 saturated carbocycles. The third-order valence-corrected chi connectivity index (χ3v) is 3.93. The Balaban J connectivity index is 1.89. The number of halogens is 1. The lowest BCUT2D eigenvalue weighted by molar-refractivity contribution is 0.613. The SMILES string of the molecule is Cc1c(N)nc(C(=N)c2cccnc2NCc2ccccc2F)nc1N. The van der Waals surface area contributed by atoms with Crippen LogP contribution in [0.2, 0.25) is 0 Å². The number of nitrogens with one attached hydrogen (secondary N) is 2. The molecule has 8 heteroatoms. The van der Waals surface area contributed by atoms with Crippen LogP contribution in [0.25, 0.3) is 0 Å². The van der Waals surface area contributed by atoms with Crippen molar-refractivity contribution in [2.75, 3.05) is 16.8 Å². The van der Waals surface area contributed by atoms with E-state index in [4.69, 9.17) is 16.9 Å². The highest BCUT2D eigenvalue weighted by atomic mass is 19.1. The molecule has 0 bridgehead atoms. The van der Waals surface area contributed by atoms with E-state index in [-0.39, 0.29) is 35.5 Å². The largest absolute Gasteiger partial charge is 0.383 e. The third kappa shape index (κ3) is 3.44. The lowest BCUT2D eigenvalue weighted by Gasteiger charge is -2.13. The highest BCUT2D eigenvalue weighted by Gasteiger charge is 2.16. The minimum atomic E-state index is -0.310. The maximum absolute atomic E-state index is 13.8.